The predicted molar refractivity (Wildman–Crippen MR) is 76.3 cm³/mol. The Morgan fingerprint density at radius 2 is 2.24 bits per heavy atom. The van der Waals surface area contributed by atoms with Gasteiger partial charge in [0.1, 0.15) is 5.82 Å². The summed E-state index contributed by atoms with van der Waals surface area (Å²) < 4.78 is 35.5. The molecule has 0 aliphatic heterocycles. The molecule has 1 aromatic heterocycles. The molecule has 0 unspecified atom stereocenters. The summed E-state index contributed by atoms with van der Waals surface area (Å²) in [5.41, 5.74) is 0.167. The lowest BCUT2D eigenvalue weighted by atomic mass is 10.2. The number of nitrogens with zero attached hydrogens (tertiary/aromatic N) is 1. The maximum absolute atomic E-state index is 13.0. The Labute approximate surface area is 125 Å². The summed E-state index contributed by atoms with van der Waals surface area (Å²) in [6, 6.07) is 1.26. The number of ether oxygens (including phenoxy) is 2. The first-order valence-corrected chi connectivity index (χ1v) is 6.39. The SMILES string of the molecule is CCOC(=O)NC(=S)Nc1ncc(COC)cc1C(F)F. The first kappa shape index (κ1) is 17.2. The highest BCUT2D eigenvalue weighted by atomic mass is 32.1. The first-order chi connectivity index (χ1) is 9.97. The number of carbonyl (C=O) groups excluding carboxylic acids is 1. The van der Waals surface area contributed by atoms with E-state index in [0.717, 1.165) is 0 Å². The van der Waals surface area contributed by atoms with Crippen LogP contribution in [0.3, 0.4) is 0 Å². The molecule has 0 fully saturated rings. The van der Waals surface area contributed by atoms with Crippen LogP contribution in [0.1, 0.15) is 24.5 Å². The number of rotatable bonds is 5. The summed E-state index contributed by atoms with van der Waals surface area (Å²) >= 11 is 4.82. The van der Waals surface area contributed by atoms with E-state index in [1.165, 1.54) is 19.4 Å². The number of alkyl halides is 2. The van der Waals surface area contributed by atoms with Gasteiger partial charge < -0.3 is 14.8 Å². The normalized spacial score (nSPS) is 10.3. The van der Waals surface area contributed by atoms with Crippen molar-refractivity contribution in [3.8, 4) is 0 Å². The third kappa shape index (κ3) is 5.56. The molecule has 0 aliphatic carbocycles. The molecule has 0 saturated heterocycles. The summed E-state index contributed by atoms with van der Waals surface area (Å²) in [6.07, 6.45) is -2.14. The van der Waals surface area contributed by atoms with Crippen LogP contribution in [0.5, 0.6) is 0 Å². The minimum absolute atomic E-state index is 0.133. The van der Waals surface area contributed by atoms with Gasteiger partial charge in [0, 0.05) is 13.3 Å². The van der Waals surface area contributed by atoms with Crippen molar-refractivity contribution < 1.29 is 23.0 Å². The number of carbonyl (C=O) groups is 1. The van der Waals surface area contributed by atoms with Crippen molar-refractivity contribution >= 4 is 29.2 Å². The van der Waals surface area contributed by atoms with Crippen LogP contribution in [0.4, 0.5) is 19.4 Å². The molecule has 9 heteroatoms. The maximum atomic E-state index is 13.0. The minimum Gasteiger partial charge on any atom is -0.450 e. The lowest BCUT2D eigenvalue weighted by molar-refractivity contribution is 0.150. The zero-order valence-corrected chi connectivity index (χ0v) is 12.3. The summed E-state index contributed by atoms with van der Waals surface area (Å²) in [7, 11) is 1.45. The van der Waals surface area contributed by atoms with E-state index in [0.29, 0.717) is 5.56 Å². The number of aromatic nitrogens is 1. The number of thiocarbonyl (C=S) groups is 1. The van der Waals surface area contributed by atoms with Gasteiger partial charge in [0.2, 0.25) is 0 Å². The standard InChI is InChI=1S/C12H15F2N3O3S/c1-3-20-12(18)17-11(21)16-10-8(9(13)14)4-7(5-15-10)6-19-2/h4-5,9H,3,6H2,1-2H3,(H2,15,16,17,18,21). The molecule has 0 atom stereocenters. The zero-order valence-electron chi connectivity index (χ0n) is 11.5. The molecule has 0 aromatic carbocycles. The molecule has 0 radical (unpaired) electrons. The van der Waals surface area contributed by atoms with Crippen LogP contribution in [0, 0.1) is 0 Å². The van der Waals surface area contributed by atoms with Crippen molar-refractivity contribution in [3.63, 3.8) is 0 Å². The molecule has 1 amide bonds. The van der Waals surface area contributed by atoms with E-state index >= 15 is 0 Å². The van der Waals surface area contributed by atoms with Crippen LogP contribution in [-0.4, -0.2) is 29.9 Å². The molecule has 0 bridgehead atoms. The summed E-state index contributed by atoms with van der Waals surface area (Å²) in [5.74, 6) is -0.133. The number of hydrogen-bond acceptors (Lipinski definition) is 5. The monoisotopic (exact) mass is 319 g/mol. The predicted octanol–water partition coefficient (Wildman–Crippen LogP) is 2.61. The molecule has 6 nitrogen and oxygen atoms in total. The van der Waals surface area contributed by atoms with Gasteiger partial charge in [-0.3, -0.25) is 5.32 Å². The van der Waals surface area contributed by atoms with E-state index in [1.54, 1.807) is 6.92 Å². The smallest absolute Gasteiger partial charge is 0.413 e. The number of alkyl carbamates (subject to hydrolysis) is 1. The van der Waals surface area contributed by atoms with E-state index in [4.69, 9.17) is 17.0 Å². The number of methoxy groups -OCH3 is 1. The molecular weight excluding hydrogens is 304 g/mol. The minimum atomic E-state index is -2.75. The van der Waals surface area contributed by atoms with Crippen molar-refractivity contribution in [2.75, 3.05) is 19.0 Å². The first-order valence-electron chi connectivity index (χ1n) is 5.98. The Kier molecular flexibility index (Phi) is 6.89. The third-order valence-electron chi connectivity index (χ3n) is 2.24. The van der Waals surface area contributed by atoms with Gasteiger partial charge in [-0.15, -0.1) is 0 Å². The highest BCUT2D eigenvalue weighted by molar-refractivity contribution is 7.80. The van der Waals surface area contributed by atoms with Gasteiger partial charge in [-0.1, -0.05) is 0 Å². The number of hydrogen-bond donors (Lipinski definition) is 2. The van der Waals surface area contributed by atoms with Gasteiger partial charge in [-0.2, -0.15) is 0 Å². The van der Waals surface area contributed by atoms with Crippen LogP contribution < -0.4 is 10.6 Å². The molecule has 0 aliphatic rings. The topological polar surface area (TPSA) is 72.5 Å². The van der Waals surface area contributed by atoms with E-state index in [1.807, 2.05) is 0 Å². The fourth-order valence-electron chi connectivity index (χ4n) is 1.44. The fraction of sp³-hybridized carbons (Fsp3) is 0.417. The Hall–Kier alpha value is -1.87. The summed E-state index contributed by atoms with van der Waals surface area (Å²) in [5, 5.41) is 4.44. The lowest BCUT2D eigenvalue weighted by Gasteiger charge is -2.13. The summed E-state index contributed by atoms with van der Waals surface area (Å²) in [6.45, 7) is 1.96. The highest BCUT2D eigenvalue weighted by Crippen LogP contribution is 2.26. The van der Waals surface area contributed by atoms with Crippen LogP contribution in [0.15, 0.2) is 12.3 Å². The molecule has 1 heterocycles. The van der Waals surface area contributed by atoms with Crippen molar-refractivity contribution in [1.82, 2.24) is 10.3 Å². The van der Waals surface area contributed by atoms with Crippen molar-refractivity contribution in [1.29, 1.82) is 0 Å². The lowest BCUT2D eigenvalue weighted by Crippen LogP contribution is -2.35. The Bertz CT molecular complexity index is 515. The maximum Gasteiger partial charge on any atom is 0.413 e. The van der Waals surface area contributed by atoms with Crippen LogP contribution >= 0.6 is 12.2 Å². The van der Waals surface area contributed by atoms with E-state index in [-0.39, 0.29) is 29.7 Å². The second kappa shape index (κ2) is 8.42. The van der Waals surface area contributed by atoms with Crippen LogP contribution in [0.25, 0.3) is 0 Å². The number of halogens is 2. The van der Waals surface area contributed by atoms with Crippen molar-refractivity contribution in [2.24, 2.45) is 0 Å². The van der Waals surface area contributed by atoms with Gasteiger partial charge in [0.15, 0.2) is 5.11 Å². The highest BCUT2D eigenvalue weighted by Gasteiger charge is 2.17. The van der Waals surface area contributed by atoms with E-state index < -0.39 is 12.5 Å². The quantitative estimate of drug-likeness (QED) is 0.813. The second-order valence-electron chi connectivity index (χ2n) is 3.81. The van der Waals surface area contributed by atoms with Gasteiger partial charge >= 0.3 is 6.09 Å². The van der Waals surface area contributed by atoms with Gasteiger partial charge in [-0.25, -0.2) is 18.6 Å². The molecule has 1 rings (SSSR count). The van der Waals surface area contributed by atoms with Crippen LogP contribution in [-0.2, 0) is 16.1 Å². The molecule has 21 heavy (non-hydrogen) atoms. The molecule has 2 N–H and O–H groups in total. The van der Waals surface area contributed by atoms with Gasteiger partial charge in [0.05, 0.1) is 18.8 Å². The Morgan fingerprint density at radius 3 is 2.81 bits per heavy atom. The van der Waals surface area contributed by atoms with E-state index in [9.17, 15) is 13.6 Å². The van der Waals surface area contributed by atoms with Crippen molar-refractivity contribution in [3.05, 3.63) is 23.4 Å². The molecular formula is C12H15F2N3O3S. The summed E-state index contributed by atoms with van der Waals surface area (Å²) in [4.78, 5) is 15.0. The molecule has 1 aromatic rings. The van der Waals surface area contributed by atoms with E-state index in [2.05, 4.69) is 20.4 Å². The zero-order chi connectivity index (χ0) is 15.8. The van der Waals surface area contributed by atoms with Crippen LogP contribution in [0.2, 0.25) is 0 Å². The van der Waals surface area contributed by atoms with Gasteiger partial charge in [-0.05, 0) is 30.8 Å². The Morgan fingerprint density at radius 1 is 1.52 bits per heavy atom. The number of nitrogens with one attached hydrogen (secondary N) is 2. The number of pyridine rings is 1. The second-order valence-corrected chi connectivity index (χ2v) is 4.22. The molecule has 116 valence electrons. The molecule has 0 spiro atoms. The number of amides is 1. The van der Waals surface area contributed by atoms with Crippen molar-refractivity contribution in [2.45, 2.75) is 20.0 Å². The molecule has 0 saturated carbocycles. The Balaban J connectivity index is 2.82. The average molecular weight is 319 g/mol. The van der Waals surface area contributed by atoms with Gasteiger partial charge in [0.25, 0.3) is 6.43 Å². The largest absolute Gasteiger partial charge is 0.450 e. The third-order valence-corrected chi connectivity index (χ3v) is 2.45. The fourth-order valence-corrected chi connectivity index (χ4v) is 1.62. The average Bonchev–Trinajstić information content (AvgIpc) is 2.40. The number of anilines is 1.